The summed E-state index contributed by atoms with van der Waals surface area (Å²) < 4.78 is 0. The molecule has 5 nitrogen and oxygen atoms in total. The van der Waals surface area contributed by atoms with Gasteiger partial charge < -0.3 is 5.11 Å². The number of carbonyl (C=O) groups excluding carboxylic acids is 2. The molecule has 2 saturated carbocycles. The third-order valence-corrected chi connectivity index (χ3v) is 5.48. The highest BCUT2D eigenvalue weighted by Gasteiger charge is 2.54. The van der Waals surface area contributed by atoms with Crippen molar-refractivity contribution in [2.75, 3.05) is 6.54 Å². The molecule has 3 fully saturated rings. The molecule has 0 unspecified atom stereocenters. The molecule has 20 heavy (non-hydrogen) atoms. The number of nitrogens with zero attached hydrogens (tertiary/aromatic N) is 1. The van der Waals surface area contributed by atoms with Gasteiger partial charge >= 0.3 is 5.97 Å². The number of carbonyl (C=O) groups is 3. The van der Waals surface area contributed by atoms with Crippen LogP contribution >= 0.6 is 0 Å². The van der Waals surface area contributed by atoms with Gasteiger partial charge in [0.2, 0.25) is 11.8 Å². The van der Waals surface area contributed by atoms with E-state index in [2.05, 4.69) is 0 Å². The molecule has 2 amide bonds. The van der Waals surface area contributed by atoms with Crippen molar-refractivity contribution >= 4 is 17.8 Å². The predicted octanol–water partition coefficient (Wildman–Crippen LogP) is 1.95. The number of carboxylic acids is 1. The first kappa shape index (κ1) is 13.6. The van der Waals surface area contributed by atoms with E-state index in [0.29, 0.717) is 13.0 Å². The van der Waals surface area contributed by atoms with E-state index in [1.165, 1.54) is 4.90 Å². The number of rotatable bonds is 4. The van der Waals surface area contributed by atoms with Crippen LogP contribution in [0.15, 0.2) is 0 Å². The van der Waals surface area contributed by atoms with Crippen LogP contribution in [0, 0.1) is 10.8 Å². The monoisotopic (exact) mass is 279 g/mol. The summed E-state index contributed by atoms with van der Waals surface area (Å²) in [5.41, 5.74) is -0.799. The van der Waals surface area contributed by atoms with Gasteiger partial charge in [-0.2, -0.15) is 0 Å². The number of imide groups is 1. The van der Waals surface area contributed by atoms with Crippen LogP contribution < -0.4 is 0 Å². The lowest BCUT2D eigenvalue weighted by molar-refractivity contribution is -0.149. The summed E-state index contributed by atoms with van der Waals surface area (Å²) in [4.78, 5) is 37.2. The van der Waals surface area contributed by atoms with E-state index in [-0.39, 0.29) is 23.7 Å². The molecule has 110 valence electrons. The zero-order valence-corrected chi connectivity index (χ0v) is 11.7. The van der Waals surface area contributed by atoms with Crippen molar-refractivity contribution in [3.05, 3.63) is 0 Å². The van der Waals surface area contributed by atoms with Gasteiger partial charge in [-0.05, 0) is 31.1 Å². The molecule has 3 aliphatic rings. The van der Waals surface area contributed by atoms with Gasteiger partial charge in [0.15, 0.2) is 0 Å². The fraction of sp³-hybridized carbons (Fsp3) is 0.800. The van der Waals surface area contributed by atoms with Gasteiger partial charge in [-0.1, -0.05) is 19.3 Å². The minimum absolute atomic E-state index is 0.0309. The van der Waals surface area contributed by atoms with Gasteiger partial charge in [-0.3, -0.25) is 19.3 Å². The molecular weight excluding hydrogens is 258 g/mol. The molecule has 1 aliphatic heterocycles. The molecule has 5 heteroatoms. The summed E-state index contributed by atoms with van der Waals surface area (Å²) in [5.74, 6) is -0.954. The van der Waals surface area contributed by atoms with Crippen molar-refractivity contribution in [2.24, 2.45) is 10.8 Å². The first-order valence-electron chi connectivity index (χ1n) is 7.53. The first-order valence-corrected chi connectivity index (χ1v) is 7.53. The molecule has 0 bridgehead atoms. The smallest absolute Gasteiger partial charge is 0.303 e. The average Bonchev–Trinajstić information content (AvgIpc) is 2.87. The second kappa shape index (κ2) is 4.57. The maximum atomic E-state index is 12.6. The molecule has 0 aromatic carbocycles. The van der Waals surface area contributed by atoms with Crippen molar-refractivity contribution in [1.82, 2.24) is 4.90 Å². The Balaban J connectivity index is 1.75. The van der Waals surface area contributed by atoms with Gasteiger partial charge in [0.1, 0.15) is 0 Å². The van der Waals surface area contributed by atoms with Crippen LogP contribution in [0.1, 0.15) is 57.8 Å². The summed E-state index contributed by atoms with van der Waals surface area (Å²) in [7, 11) is 0. The Kier molecular flexibility index (Phi) is 3.10. The maximum Gasteiger partial charge on any atom is 0.303 e. The molecule has 0 radical (unpaired) electrons. The lowest BCUT2D eigenvalue weighted by atomic mass is 9.66. The van der Waals surface area contributed by atoms with Crippen LogP contribution in [0.3, 0.4) is 0 Å². The molecule has 1 spiro atoms. The van der Waals surface area contributed by atoms with Crippen molar-refractivity contribution in [3.8, 4) is 0 Å². The third-order valence-electron chi connectivity index (χ3n) is 5.48. The summed E-state index contributed by atoms with van der Waals surface area (Å²) >= 11 is 0. The average molecular weight is 279 g/mol. The Bertz CT molecular complexity index is 460. The Morgan fingerprint density at radius 3 is 2.25 bits per heavy atom. The predicted molar refractivity (Wildman–Crippen MR) is 70.8 cm³/mol. The highest BCUT2D eigenvalue weighted by Crippen LogP contribution is 2.50. The van der Waals surface area contributed by atoms with E-state index in [0.717, 1.165) is 44.9 Å². The summed E-state index contributed by atoms with van der Waals surface area (Å²) in [6.45, 7) is 0.318. The topological polar surface area (TPSA) is 74.7 Å². The number of carboxylic acid groups (broad SMARTS) is 1. The minimum Gasteiger partial charge on any atom is -0.481 e. The Morgan fingerprint density at radius 2 is 1.75 bits per heavy atom. The maximum absolute atomic E-state index is 12.6. The Morgan fingerprint density at radius 1 is 1.10 bits per heavy atom. The number of amides is 2. The normalized spacial score (nSPS) is 27.1. The highest BCUT2D eigenvalue weighted by molar-refractivity contribution is 6.06. The molecule has 1 heterocycles. The van der Waals surface area contributed by atoms with Gasteiger partial charge in [0.05, 0.1) is 11.8 Å². The van der Waals surface area contributed by atoms with E-state index in [1.54, 1.807) is 0 Å². The van der Waals surface area contributed by atoms with Crippen LogP contribution in [0.2, 0.25) is 0 Å². The summed E-state index contributed by atoms with van der Waals surface area (Å²) in [6.07, 6.45) is 6.70. The summed E-state index contributed by atoms with van der Waals surface area (Å²) in [6, 6.07) is 0. The van der Waals surface area contributed by atoms with Crippen LogP contribution in [-0.4, -0.2) is 34.3 Å². The molecule has 1 saturated heterocycles. The molecule has 0 aromatic heterocycles. The zero-order valence-electron chi connectivity index (χ0n) is 11.7. The highest BCUT2D eigenvalue weighted by atomic mass is 16.4. The lowest BCUT2D eigenvalue weighted by Gasteiger charge is -2.43. The van der Waals surface area contributed by atoms with Crippen molar-refractivity contribution in [3.63, 3.8) is 0 Å². The van der Waals surface area contributed by atoms with Crippen molar-refractivity contribution < 1.29 is 19.5 Å². The van der Waals surface area contributed by atoms with Gasteiger partial charge in [-0.25, -0.2) is 0 Å². The quantitative estimate of drug-likeness (QED) is 0.798. The van der Waals surface area contributed by atoms with E-state index in [4.69, 9.17) is 5.11 Å². The number of hydrogen-bond donors (Lipinski definition) is 1. The van der Waals surface area contributed by atoms with Crippen LogP contribution in [0.5, 0.6) is 0 Å². The van der Waals surface area contributed by atoms with E-state index in [9.17, 15) is 14.4 Å². The molecular formula is C15H21NO4. The zero-order chi connectivity index (χ0) is 14.4. The first-order chi connectivity index (χ1) is 9.46. The Hall–Kier alpha value is -1.39. The van der Waals surface area contributed by atoms with Crippen LogP contribution in [0.4, 0.5) is 0 Å². The molecule has 0 atom stereocenters. The largest absolute Gasteiger partial charge is 0.481 e. The van der Waals surface area contributed by atoms with Gasteiger partial charge in [-0.15, -0.1) is 0 Å². The van der Waals surface area contributed by atoms with Crippen LogP contribution in [-0.2, 0) is 14.4 Å². The fourth-order valence-corrected chi connectivity index (χ4v) is 4.19. The van der Waals surface area contributed by atoms with Crippen LogP contribution in [0.25, 0.3) is 0 Å². The standard InChI is InChI=1S/C15H21NO4/c17-11-8-15(6-1-2-7-15)13(20)16(11)10-14(4-3-5-14)9-12(18)19/h1-10H2,(H,18,19). The number of aliphatic carboxylic acids is 1. The fourth-order valence-electron chi connectivity index (χ4n) is 4.19. The molecule has 1 N–H and O–H groups in total. The second-order valence-corrected chi connectivity index (χ2v) is 6.87. The van der Waals surface area contributed by atoms with Gasteiger partial charge in [0, 0.05) is 13.0 Å². The SMILES string of the molecule is O=C(O)CC1(CN2C(=O)CC3(CCCC3)C2=O)CCC1. The molecule has 0 aromatic rings. The Labute approximate surface area is 118 Å². The minimum atomic E-state index is -0.834. The molecule has 3 rings (SSSR count). The van der Waals surface area contributed by atoms with Crippen molar-refractivity contribution in [1.29, 1.82) is 0 Å². The van der Waals surface area contributed by atoms with Gasteiger partial charge in [0.25, 0.3) is 0 Å². The lowest BCUT2D eigenvalue weighted by Crippen LogP contribution is -2.47. The summed E-state index contributed by atoms with van der Waals surface area (Å²) in [5, 5.41) is 9.04. The van der Waals surface area contributed by atoms with E-state index in [1.807, 2.05) is 0 Å². The van der Waals surface area contributed by atoms with E-state index < -0.39 is 11.4 Å². The number of likely N-dealkylation sites (tertiary alicyclic amines) is 1. The van der Waals surface area contributed by atoms with Crippen molar-refractivity contribution in [2.45, 2.75) is 57.8 Å². The third kappa shape index (κ3) is 2.03. The molecule has 2 aliphatic carbocycles. The number of hydrogen-bond acceptors (Lipinski definition) is 3. The second-order valence-electron chi connectivity index (χ2n) is 6.87. The van der Waals surface area contributed by atoms with E-state index >= 15 is 0 Å².